The maximum atomic E-state index is 11.8. The molecule has 0 radical (unpaired) electrons. The summed E-state index contributed by atoms with van der Waals surface area (Å²) in [6.07, 6.45) is 4.49. The summed E-state index contributed by atoms with van der Waals surface area (Å²) in [4.78, 5) is 0. The predicted molar refractivity (Wildman–Crippen MR) is 75.1 cm³/mol. The normalized spacial score (nSPS) is 15.2. The van der Waals surface area contributed by atoms with Gasteiger partial charge in [-0.3, -0.25) is 0 Å². The molecule has 104 valence electrons. The standard InChI is InChI=1S/C13H29NO2S/c1-7-14-12(10-8-9-11(2)3)13(4,5)17(6,15)16/h11-12,14H,7-10H2,1-6H3. The van der Waals surface area contributed by atoms with E-state index in [1.807, 2.05) is 20.8 Å². The molecule has 0 saturated heterocycles. The highest BCUT2D eigenvalue weighted by Crippen LogP contribution is 2.24. The molecule has 1 unspecified atom stereocenters. The van der Waals surface area contributed by atoms with Gasteiger partial charge in [0.05, 0.1) is 4.75 Å². The van der Waals surface area contributed by atoms with Crippen molar-refractivity contribution in [1.82, 2.24) is 5.32 Å². The molecule has 3 nitrogen and oxygen atoms in total. The average molecular weight is 263 g/mol. The van der Waals surface area contributed by atoms with E-state index in [1.165, 1.54) is 6.26 Å². The van der Waals surface area contributed by atoms with Crippen LogP contribution >= 0.6 is 0 Å². The summed E-state index contributed by atoms with van der Waals surface area (Å²) in [6.45, 7) is 10.9. The minimum absolute atomic E-state index is 0.0428. The highest BCUT2D eigenvalue weighted by Gasteiger charge is 2.37. The second-order valence-corrected chi connectivity index (χ2v) is 8.41. The van der Waals surface area contributed by atoms with Crippen molar-refractivity contribution in [2.75, 3.05) is 12.8 Å². The average Bonchev–Trinajstić information content (AvgIpc) is 2.14. The minimum Gasteiger partial charge on any atom is -0.313 e. The van der Waals surface area contributed by atoms with Crippen molar-refractivity contribution in [2.45, 2.75) is 64.7 Å². The van der Waals surface area contributed by atoms with Crippen LogP contribution in [-0.2, 0) is 9.84 Å². The molecule has 0 aromatic carbocycles. The lowest BCUT2D eigenvalue weighted by Crippen LogP contribution is -2.51. The number of nitrogens with one attached hydrogen (secondary N) is 1. The Morgan fingerprint density at radius 1 is 1.18 bits per heavy atom. The van der Waals surface area contributed by atoms with E-state index in [2.05, 4.69) is 19.2 Å². The van der Waals surface area contributed by atoms with Crippen LogP contribution in [0, 0.1) is 5.92 Å². The monoisotopic (exact) mass is 263 g/mol. The highest BCUT2D eigenvalue weighted by molar-refractivity contribution is 7.92. The molecule has 0 aromatic heterocycles. The van der Waals surface area contributed by atoms with Crippen LogP contribution in [0.4, 0.5) is 0 Å². The van der Waals surface area contributed by atoms with Crippen LogP contribution in [0.5, 0.6) is 0 Å². The third kappa shape index (κ3) is 5.38. The first-order valence-corrected chi connectivity index (χ1v) is 8.45. The van der Waals surface area contributed by atoms with E-state index in [9.17, 15) is 8.42 Å². The van der Waals surface area contributed by atoms with Crippen molar-refractivity contribution in [3.05, 3.63) is 0 Å². The van der Waals surface area contributed by atoms with Gasteiger partial charge in [0.2, 0.25) is 0 Å². The SMILES string of the molecule is CCNC(CCCC(C)C)C(C)(C)S(C)(=O)=O. The number of hydrogen-bond acceptors (Lipinski definition) is 3. The Labute approximate surface area is 107 Å². The molecule has 0 aromatic rings. The Morgan fingerprint density at radius 2 is 1.71 bits per heavy atom. The fourth-order valence-corrected chi connectivity index (χ4v) is 2.65. The molecule has 0 fully saturated rings. The third-order valence-electron chi connectivity index (χ3n) is 3.52. The molecule has 0 spiro atoms. The third-order valence-corrected chi connectivity index (χ3v) is 5.72. The van der Waals surface area contributed by atoms with Gasteiger partial charge in [0, 0.05) is 12.3 Å². The quantitative estimate of drug-likeness (QED) is 0.732. The predicted octanol–water partition coefficient (Wildman–Crippen LogP) is 2.61. The van der Waals surface area contributed by atoms with Crippen molar-refractivity contribution in [3.63, 3.8) is 0 Å². The van der Waals surface area contributed by atoms with Gasteiger partial charge in [-0.05, 0) is 32.7 Å². The van der Waals surface area contributed by atoms with Crippen LogP contribution < -0.4 is 5.32 Å². The van der Waals surface area contributed by atoms with E-state index in [1.54, 1.807) is 0 Å². The Kier molecular flexibility index (Phi) is 6.70. The Morgan fingerprint density at radius 3 is 2.06 bits per heavy atom. The van der Waals surface area contributed by atoms with Gasteiger partial charge in [-0.25, -0.2) is 8.42 Å². The second-order valence-electron chi connectivity index (χ2n) is 5.81. The Bertz CT molecular complexity index is 307. The maximum Gasteiger partial charge on any atom is 0.154 e. The summed E-state index contributed by atoms with van der Waals surface area (Å²) in [5, 5.41) is 3.32. The zero-order valence-corrected chi connectivity index (χ0v) is 13.0. The summed E-state index contributed by atoms with van der Waals surface area (Å²) >= 11 is 0. The van der Waals surface area contributed by atoms with Gasteiger partial charge in [0.25, 0.3) is 0 Å². The molecule has 0 heterocycles. The molecule has 4 heteroatoms. The molecule has 0 aliphatic carbocycles. The molecule has 1 N–H and O–H groups in total. The first-order valence-electron chi connectivity index (χ1n) is 6.55. The van der Waals surface area contributed by atoms with E-state index in [4.69, 9.17) is 0 Å². The first-order chi connectivity index (χ1) is 7.63. The van der Waals surface area contributed by atoms with Crippen molar-refractivity contribution in [1.29, 1.82) is 0 Å². The van der Waals surface area contributed by atoms with Gasteiger partial charge in [0.1, 0.15) is 0 Å². The van der Waals surface area contributed by atoms with Crippen LogP contribution in [0.3, 0.4) is 0 Å². The number of sulfone groups is 1. The lowest BCUT2D eigenvalue weighted by Gasteiger charge is -2.33. The van der Waals surface area contributed by atoms with E-state index < -0.39 is 14.6 Å². The van der Waals surface area contributed by atoms with Crippen molar-refractivity contribution in [3.8, 4) is 0 Å². The van der Waals surface area contributed by atoms with E-state index in [0.29, 0.717) is 5.92 Å². The Balaban J connectivity index is 4.62. The minimum atomic E-state index is -3.04. The Hall–Kier alpha value is -0.0900. The molecule has 1 atom stereocenters. The molecular formula is C13H29NO2S. The fraction of sp³-hybridized carbons (Fsp3) is 1.00. The zero-order valence-electron chi connectivity index (χ0n) is 12.2. The topological polar surface area (TPSA) is 46.2 Å². The van der Waals surface area contributed by atoms with E-state index in [-0.39, 0.29) is 6.04 Å². The van der Waals surface area contributed by atoms with Crippen LogP contribution in [0.25, 0.3) is 0 Å². The summed E-state index contributed by atoms with van der Waals surface area (Å²) in [6, 6.07) is 0.0428. The molecule has 0 rings (SSSR count). The lowest BCUT2D eigenvalue weighted by molar-refractivity contribution is 0.373. The fourth-order valence-electron chi connectivity index (χ4n) is 1.93. The van der Waals surface area contributed by atoms with E-state index in [0.717, 1.165) is 25.8 Å². The van der Waals surface area contributed by atoms with Crippen molar-refractivity contribution >= 4 is 9.84 Å². The zero-order chi connectivity index (χ0) is 13.7. The number of rotatable bonds is 8. The molecule has 17 heavy (non-hydrogen) atoms. The molecule has 0 aliphatic rings. The van der Waals surface area contributed by atoms with E-state index >= 15 is 0 Å². The molecule has 0 aliphatic heterocycles. The maximum absolute atomic E-state index is 11.8. The van der Waals surface area contributed by atoms with Gasteiger partial charge in [-0.1, -0.05) is 33.6 Å². The van der Waals surface area contributed by atoms with Gasteiger partial charge in [-0.15, -0.1) is 0 Å². The first kappa shape index (κ1) is 16.9. The highest BCUT2D eigenvalue weighted by atomic mass is 32.2. The van der Waals surface area contributed by atoms with Gasteiger partial charge in [0.15, 0.2) is 9.84 Å². The van der Waals surface area contributed by atoms with Crippen LogP contribution in [-0.4, -0.2) is 32.0 Å². The van der Waals surface area contributed by atoms with Crippen molar-refractivity contribution < 1.29 is 8.42 Å². The summed E-state index contributed by atoms with van der Waals surface area (Å²) in [5.41, 5.74) is 0. The van der Waals surface area contributed by atoms with Gasteiger partial charge < -0.3 is 5.32 Å². The molecule has 0 saturated carbocycles. The largest absolute Gasteiger partial charge is 0.313 e. The van der Waals surface area contributed by atoms with Crippen molar-refractivity contribution in [2.24, 2.45) is 5.92 Å². The molecule has 0 amide bonds. The van der Waals surface area contributed by atoms with Crippen LogP contribution in [0.2, 0.25) is 0 Å². The smallest absolute Gasteiger partial charge is 0.154 e. The summed E-state index contributed by atoms with van der Waals surface area (Å²) in [7, 11) is -3.04. The summed E-state index contributed by atoms with van der Waals surface area (Å²) in [5.74, 6) is 0.679. The van der Waals surface area contributed by atoms with Gasteiger partial charge >= 0.3 is 0 Å². The molecule has 0 bridgehead atoms. The molecular weight excluding hydrogens is 234 g/mol. The van der Waals surface area contributed by atoms with Crippen LogP contribution in [0.1, 0.15) is 53.9 Å². The lowest BCUT2D eigenvalue weighted by atomic mass is 9.95. The summed E-state index contributed by atoms with van der Waals surface area (Å²) < 4.78 is 23.0. The second kappa shape index (κ2) is 6.74. The van der Waals surface area contributed by atoms with Gasteiger partial charge in [-0.2, -0.15) is 0 Å². The number of hydrogen-bond donors (Lipinski definition) is 1. The van der Waals surface area contributed by atoms with Crippen LogP contribution in [0.15, 0.2) is 0 Å².